The van der Waals surface area contributed by atoms with Gasteiger partial charge in [0.15, 0.2) is 0 Å². The zero-order valence-electron chi connectivity index (χ0n) is 11.5. The van der Waals surface area contributed by atoms with Gasteiger partial charge in [0.05, 0.1) is 19.8 Å². The predicted molar refractivity (Wildman–Crippen MR) is 70.5 cm³/mol. The third-order valence-electron chi connectivity index (χ3n) is 3.73. The number of rotatable bonds is 6. The highest BCUT2D eigenvalue weighted by molar-refractivity contribution is 5.78. The van der Waals surface area contributed by atoms with Crippen molar-refractivity contribution in [3.63, 3.8) is 0 Å². The standard InChI is InChI=1S/C13H25N3O2/c1-11(10-16-5-7-18-8-6-16)14-9-13(17)15(2)12-3-4-12/h11-12,14H,3-10H2,1-2H3. The smallest absolute Gasteiger partial charge is 0.236 e. The minimum Gasteiger partial charge on any atom is -0.379 e. The lowest BCUT2D eigenvalue weighted by Gasteiger charge is -2.29. The van der Waals surface area contributed by atoms with Crippen molar-refractivity contribution in [1.82, 2.24) is 15.1 Å². The van der Waals surface area contributed by atoms with E-state index in [1.807, 2.05) is 11.9 Å². The first-order valence-corrected chi connectivity index (χ1v) is 6.96. The van der Waals surface area contributed by atoms with Crippen LogP contribution in [0.5, 0.6) is 0 Å². The van der Waals surface area contributed by atoms with Gasteiger partial charge in [0.1, 0.15) is 0 Å². The summed E-state index contributed by atoms with van der Waals surface area (Å²) in [6, 6.07) is 0.855. The summed E-state index contributed by atoms with van der Waals surface area (Å²) in [4.78, 5) is 16.1. The van der Waals surface area contributed by atoms with Crippen molar-refractivity contribution < 1.29 is 9.53 Å². The van der Waals surface area contributed by atoms with Crippen molar-refractivity contribution in [1.29, 1.82) is 0 Å². The molecule has 1 atom stereocenters. The number of morpholine rings is 1. The molecule has 18 heavy (non-hydrogen) atoms. The summed E-state index contributed by atoms with van der Waals surface area (Å²) < 4.78 is 5.32. The van der Waals surface area contributed by atoms with Crippen LogP contribution in [0.3, 0.4) is 0 Å². The molecule has 1 aliphatic heterocycles. The molecular formula is C13H25N3O2. The van der Waals surface area contributed by atoms with Crippen LogP contribution in [0.1, 0.15) is 19.8 Å². The Labute approximate surface area is 109 Å². The lowest BCUT2D eigenvalue weighted by Crippen LogP contribution is -2.47. The molecule has 0 aromatic heterocycles. The molecule has 1 amide bonds. The lowest BCUT2D eigenvalue weighted by atomic mass is 10.3. The number of nitrogens with zero attached hydrogens (tertiary/aromatic N) is 2. The number of ether oxygens (including phenoxy) is 1. The molecule has 2 aliphatic rings. The number of amides is 1. The Morgan fingerprint density at radius 2 is 2.11 bits per heavy atom. The second kappa shape index (κ2) is 6.50. The molecule has 0 radical (unpaired) electrons. The Morgan fingerprint density at radius 3 is 2.72 bits per heavy atom. The van der Waals surface area contributed by atoms with Crippen LogP contribution in [0, 0.1) is 0 Å². The fourth-order valence-corrected chi connectivity index (χ4v) is 2.29. The fraction of sp³-hybridized carbons (Fsp3) is 0.923. The molecule has 0 aromatic carbocycles. The molecule has 5 heteroatoms. The number of carbonyl (C=O) groups is 1. The SMILES string of the molecule is CC(CN1CCOCC1)NCC(=O)N(C)C1CC1. The molecule has 0 spiro atoms. The summed E-state index contributed by atoms with van der Waals surface area (Å²) in [5.41, 5.74) is 0. The zero-order valence-corrected chi connectivity index (χ0v) is 11.5. The molecule has 2 rings (SSSR count). The van der Waals surface area contributed by atoms with Crippen molar-refractivity contribution in [2.24, 2.45) is 0 Å². The van der Waals surface area contributed by atoms with Crippen LogP contribution in [-0.4, -0.2) is 74.2 Å². The molecular weight excluding hydrogens is 230 g/mol. The van der Waals surface area contributed by atoms with Gasteiger partial charge in [-0.2, -0.15) is 0 Å². The van der Waals surface area contributed by atoms with Gasteiger partial charge in [0.25, 0.3) is 0 Å². The molecule has 1 saturated carbocycles. The van der Waals surface area contributed by atoms with E-state index in [1.54, 1.807) is 0 Å². The molecule has 5 nitrogen and oxygen atoms in total. The van der Waals surface area contributed by atoms with Crippen LogP contribution >= 0.6 is 0 Å². The van der Waals surface area contributed by atoms with Crippen molar-refractivity contribution in [2.45, 2.75) is 31.8 Å². The van der Waals surface area contributed by atoms with Gasteiger partial charge in [-0.3, -0.25) is 9.69 Å². The minimum absolute atomic E-state index is 0.214. The van der Waals surface area contributed by atoms with Crippen molar-refractivity contribution in [3.05, 3.63) is 0 Å². The maximum atomic E-state index is 11.9. The summed E-state index contributed by atoms with van der Waals surface area (Å²) in [5, 5.41) is 3.32. The van der Waals surface area contributed by atoms with E-state index in [9.17, 15) is 4.79 Å². The number of carbonyl (C=O) groups excluding carboxylic acids is 1. The van der Waals surface area contributed by atoms with Gasteiger partial charge in [0, 0.05) is 38.8 Å². The summed E-state index contributed by atoms with van der Waals surface area (Å²) in [7, 11) is 1.91. The third kappa shape index (κ3) is 4.23. The largest absolute Gasteiger partial charge is 0.379 e. The van der Waals surface area contributed by atoms with E-state index >= 15 is 0 Å². The second-order valence-corrected chi connectivity index (χ2v) is 5.43. The number of hydrogen-bond donors (Lipinski definition) is 1. The summed E-state index contributed by atoms with van der Waals surface area (Å²) >= 11 is 0. The second-order valence-electron chi connectivity index (χ2n) is 5.43. The van der Waals surface area contributed by atoms with E-state index in [0.717, 1.165) is 32.8 Å². The normalized spacial score (nSPS) is 22.8. The molecule has 1 heterocycles. The fourth-order valence-electron chi connectivity index (χ4n) is 2.29. The molecule has 2 fully saturated rings. The van der Waals surface area contributed by atoms with Gasteiger partial charge in [0.2, 0.25) is 5.91 Å². The van der Waals surface area contributed by atoms with Crippen LogP contribution in [-0.2, 0) is 9.53 Å². The van der Waals surface area contributed by atoms with Crippen molar-refractivity contribution >= 4 is 5.91 Å². The van der Waals surface area contributed by atoms with E-state index in [2.05, 4.69) is 17.1 Å². The lowest BCUT2D eigenvalue weighted by molar-refractivity contribution is -0.129. The molecule has 0 bridgehead atoms. The highest BCUT2D eigenvalue weighted by Crippen LogP contribution is 2.25. The van der Waals surface area contributed by atoms with Crippen LogP contribution in [0.15, 0.2) is 0 Å². The Hall–Kier alpha value is -0.650. The minimum atomic E-state index is 0.214. The summed E-state index contributed by atoms with van der Waals surface area (Å²) in [5.74, 6) is 0.214. The topological polar surface area (TPSA) is 44.8 Å². The van der Waals surface area contributed by atoms with Gasteiger partial charge < -0.3 is 15.0 Å². The van der Waals surface area contributed by atoms with E-state index in [1.165, 1.54) is 12.8 Å². The van der Waals surface area contributed by atoms with Crippen LogP contribution in [0.2, 0.25) is 0 Å². The maximum Gasteiger partial charge on any atom is 0.236 e. The van der Waals surface area contributed by atoms with Crippen LogP contribution in [0.4, 0.5) is 0 Å². The first-order valence-electron chi connectivity index (χ1n) is 6.96. The van der Waals surface area contributed by atoms with Gasteiger partial charge in [-0.1, -0.05) is 0 Å². The quantitative estimate of drug-likeness (QED) is 0.721. The Bertz CT molecular complexity index is 275. The molecule has 104 valence electrons. The molecule has 1 unspecified atom stereocenters. The van der Waals surface area contributed by atoms with E-state index in [-0.39, 0.29) is 5.91 Å². The Morgan fingerprint density at radius 1 is 1.44 bits per heavy atom. The maximum absolute atomic E-state index is 11.9. The van der Waals surface area contributed by atoms with Crippen molar-refractivity contribution in [2.75, 3.05) is 46.4 Å². The summed E-state index contributed by atoms with van der Waals surface area (Å²) in [6.07, 6.45) is 2.34. The van der Waals surface area contributed by atoms with Gasteiger partial charge >= 0.3 is 0 Å². The first kappa shape index (κ1) is 13.8. The molecule has 1 saturated heterocycles. The van der Waals surface area contributed by atoms with Gasteiger partial charge in [-0.05, 0) is 19.8 Å². The molecule has 0 aromatic rings. The Kier molecular flexibility index (Phi) is 4.97. The van der Waals surface area contributed by atoms with E-state index in [4.69, 9.17) is 4.74 Å². The average molecular weight is 255 g/mol. The average Bonchev–Trinajstić information content (AvgIpc) is 3.20. The number of nitrogens with one attached hydrogen (secondary N) is 1. The highest BCUT2D eigenvalue weighted by atomic mass is 16.5. The Balaban J connectivity index is 1.61. The predicted octanol–water partition coefficient (Wildman–Crippen LogP) is -0.0825. The summed E-state index contributed by atoms with van der Waals surface area (Å²) in [6.45, 7) is 7.25. The third-order valence-corrected chi connectivity index (χ3v) is 3.73. The van der Waals surface area contributed by atoms with Crippen LogP contribution in [0.25, 0.3) is 0 Å². The molecule has 1 aliphatic carbocycles. The monoisotopic (exact) mass is 255 g/mol. The number of hydrogen-bond acceptors (Lipinski definition) is 4. The van der Waals surface area contributed by atoms with Crippen molar-refractivity contribution in [3.8, 4) is 0 Å². The van der Waals surface area contributed by atoms with Crippen LogP contribution < -0.4 is 5.32 Å². The van der Waals surface area contributed by atoms with Gasteiger partial charge in [-0.25, -0.2) is 0 Å². The number of likely N-dealkylation sites (N-methyl/N-ethyl adjacent to an activating group) is 1. The first-order chi connectivity index (χ1) is 8.66. The molecule has 1 N–H and O–H groups in total. The van der Waals surface area contributed by atoms with E-state index < -0.39 is 0 Å². The zero-order chi connectivity index (χ0) is 13.0. The van der Waals surface area contributed by atoms with Gasteiger partial charge in [-0.15, -0.1) is 0 Å². The van der Waals surface area contributed by atoms with E-state index in [0.29, 0.717) is 18.6 Å². The highest BCUT2D eigenvalue weighted by Gasteiger charge is 2.29.